The van der Waals surface area contributed by atoms with Gasteiger partial charge in [0.05, 0.1) is 19.3 Å². The van der Waals surface area contributed by atoms with Crippen LogP contribution in [0.1, 0.15) is 27.2 Å². The molecule has 0 bridgehead atoms. The Kier molecular flexibility index (Phi) is 5.45. The fourth-order valence-electron chi connectivity index (χ4n) is 1.63. The van der Waals surface area contributed by atoms with E-state index < -0.39 is 0 Å². The smallest absolute Gasteiger partial charge is 0.0697 e. The monoisotopic (exact) mass is 201 g/mol. The molecule has 0 aromatic heterocycles. The lowest BCUT2D eigenvalue weighted by Gasteiger charge is -2.22. The average Bonchev–Trinajstić information content (AvgIpc) is 2.67. The first kappa shape index (κ1) is 12.0. The molecule has 3 nitrogen and oxygen atoms in total. The van der Waals surface area contributed by atoms with Crippen molar-refractivity contribution in [1.29, 1.82) is 0 Å². The van der Waals surface area contributed by atoms with Crippen molar-refractivity contribution in [2.45, 2.75) is 39.3 Å². The molecule has 1 heterocycles. The van der Waals surface area contributed by atoms with Gasteiger partial charge < -0.3 is 14.8 Å². The summed E-state index contributed by atoms with van der Waals surface area (Å²) < 4.78 is 11.1. The van der Waals surface area contributed by atoms with Crippen molar-refractivity contribution < 1.29 is 9.47 Å². The van der Waals surface area contributed by atoms with Crippen LogP contribution in [-0.2, 0) is 9.47 Å². The largest absolute Gasteiger partial charge is 0.381 e. The molecule has 0 amide bonds. The number of hydrogen-bond acceptors (Lipinski definition) is 3. The third-order valence-corrected chi connectivity index (χ3v) is 2.85. The van der Waals surface area contributed by atoms with E-state index in [-0.39, 0.29) is 6.10 Å². The van der Waals surface area contributed by atoms with Crippen molar-refractivity contribution in [3.63, 3.8) is 0 Å². The van der Waals surface area contributed by atoms with Crippen molar-refractivity contribution in [2.24, 2.45) is 5.92 Å². The maximum absolute atomic E-state index is 5.80. The van der Waals surface area contributed by atoms with Gasteiger partial charge in [-0.3, -0.25) is 0 Å². The number of ether oxygens (including phenoxy) is 2. The van der Waals surface area contributed by atoms with Crippen LogP contribution in [0.4, 0.5) is 0 Å². The third-order valence-electron chi connectivity index (χ3n) is 2.85. The number of likely N-dealkylation sites (N-methyl/N-ethyl adjacent to an activating group) is 1. The summed E-state index contributed by atoms with van der Waals surface area (Å²) in [7, 11) is 0. The molecule has 1 aliphatic rings. The maximum atomic E-state index is 5.80. The lowest BCUT2D eigenvalue weighted by Crippen LogP contribution is -2.37. The van der Waals surface area contributed by atoms with Gasteiger partial charge in [-0.15, -0.1) is 0 Å². The Hall–Kier alpha value is -0.120. The molecule has 0 aromatic rings. The fraction of sp³-hybridized carbons (Fsp3) is 1.00. The van der Waals surface area contributed by atoms with Crippen LogP contribution >= 0.6 is 0 Å². The van der Waals surface area contributed by atoms with Gasteiger partial charge in [-0.25, -0.2) is 0 Å². The molecular weight excluding hydrogens is 178 g/mol. The van der Waals surface area contributed by atoms with Crippen molar-refractivity contribution in [2.75, 3.05) is 26.4 Å². The van der Waals surface area contributed by atoms with Gasteiger partial charge in [0, 0.05) is 18.6 Å². The SMILES string of the molecule is CCNC(C)C(C)OCC1CCOC1. The second-order valence-electron chi connectivity index (χ2n) is 4.11. The van der Waals surface area contributed by atoms with Crippen molar-refractivity contribution >= 4 is 0 Å². The number of rotatable bonds is 6. The van der Waals surface area contributed by atoms with Crippen molar-refractivity contribution in [1.82, 2.24) is 5.32 Å². The molecule has 3 atom stereocenters. The molecule has 0 radical (unpaired) electrons. The van der Waals surface area contributed by atoms with Gasteiger partial charge in [-0.1, -0.05) is 6.92 Å². The molecule has 1 aliphatic heterocycles. The molecule has 0 aromatic carbocycles. The molecule has 14 heavy (non-hydrogen) atoms. The van der Waals surface area contributed by atoms with Gasteiger partial charge >= 0.3 is 0 Å². The maximum Gasteiger partial charge on any atom is 0.0697 e. The number of hydrogen-bond donors (Lipinski definition) is 1. The molecule has 1 fully saturated rings. The highest BCUT2D eigenvalue weighted by Gasteiger charge is 2.18. The molecule has 84 valence electrons. The van der Waals surface area contributed by atoms with Crippen LogP contribution in [0.25, 0.3) is 0 Å². The zero-order valence-electron chi connectivity index (χ0n) is 9.58. The molecule has 1 saturated heterocycles. The van der Waals surface area contributed by atoms with Crippen LogP contribution in [0.15, 0.2) is 0 Å². The lowest BCUT2D eigenvalue weighted by atomic mass is 10.1. The Balaban J connectivity index is 2.09. The van der Waals surface area contributed by atoms with E-state index in [1.165, 1.54) is 0 Å². The first-order valence-electron chi connectivity index (χ1n) is 5.66. The highest BCUT2D eigenvalue weighted by molar-refractivity contribution is 4.69. The van der Waals surface area contributed by atoms with Crippen LogP contribution in [-0.4, -0.2) is 38.5 Å². The van der Waals surface area contributed by atoms with E-state index >= 15 is 0 Å². The topological polar surface area (TPSA) is 30.5 Å². The van der Waals surface area contributed by atoms with E-state index in [2.05, 4.69) is 26.1 Å². The first-order valence-corrected chi connectivity index (χ1v) is 5.66. The Morgan fingerprint density at radius 1 is 1.50 bits per heavy atom. The predicted molar refractivity (Wildman–Crippen MR) is 57.5 cm³/mol. The summed E-state index contributed by atoms with van der Waals surface area (Å²) in [5.74, 6) is 0.617. The summed E-state index contributed by atoms with van der Waals surface area (Å²) >= 11 is 0. The summed E-state index contributed by atoms with van der Waals surface area (Å²) in [4.78, 5) is 0. The van der Waals surface area contributed by atoms with E-state index in [1.807, 2.05) is 0 Å². The highest BCUT2D eigenvalue weighted by atomic mass is 16.5. The third kappa shape index (κ3) is 3.95. The Labute approximate surface area is 87.2 Å². The van der Waals surface area contributed by atoms with Crippen LogP contribution in [0.2, 0.25) is 0 Å². The standard InChI is InChI=1S/C11H23NO2/c1-4-12-9(2)10(3)14-8-11-5-6-13-7-11/h9-12H,4-8H2,1-3H3. The lowest BCUT2D eigenvalue weighted by molar-refractivity contribution is 0.0189. The molecule has 3 heteroatoms. The van der Waals surface area contributed by atoms with Crippen LogP contribution < -0.4 is 5.32 Å². The quantitative estimate of drug-likeness (QED) is 0.705. The first-order chi connectivity index (χ1) is 6.74. The summed E-state index contributed by atoms with van der Waals surface area (Å²) in [5.41, 5.74) is 0. The van der Waals surface area contributed by atoms with E-state index in [1.54, 1.807) is 0 Å². The summed E-state index contributed by atoms with van der Waals surface area (Å²) in [6.07, 6.45) is 1.44. The normalized spacial score (nSPS) is 26.4. The highest BCUT2D eigenvalue weighted by Crippen LogP contribution is 2.13. The van der Waals surface area contributed by atoms with Gasteiger partial charge in [0.1, 0.15) is 0 Å². The molecular formula is C11H23NO2. The summed E-state index contributed by atoms with van der Waals surface area (Å²) in [6.45, 7) is 10.0. The molecule has 1 N–H and O–H groups in total. The van der Waals surface area contributed by atoms with Gasteiger partial charge in [-0.2, -0.15) is 0 Å². The van der Waals surface area contributed by atoms with E-state index in [0.29, 0.717) is 12.0 Å². The second-order valence-corrected chi connectivity index (χ2v) is 4.11. The van der Waals surface area contributed by atoms with Gasteiger partial charge in [0.25, 0.3) is 0 Å². The molecule has 0 aliphatic carbocycles. The van der Waals surface area contributed by atoms with E-state index in [9.17, 15) is 0 Å². The Bertz CT molecular complexity index is 146. The van der Waals surface area contributed by atoms with Crippen LogP contribution in [0.5, 0.6) is 0 Å². The van der Waals surface area contributed by atoms with Gasteiger partial charge in [0.2, 0.25) is 0 Å². The summed E-state index contributed by atoms with van der Waals surface area (Å²) in [5, 5.41) is 3.36. The second kappa shape index (κ2) is 6.38. The zero-order valence-corrected chi connectivity index (χ0v) is 9.58. The minimum Gasteiger partial charge on any atom is -0.381 e. The minimum absolute atomic E-state index is 0.288. The molecule has 0 saturated carbocycles. The van der Waals surface area contributed by atoms with Crippen molar-refractivity contribution in [3.8, 4) is 0 Å². The molecule has 0 spiro atoms. The van der Waals surface area contributed by atoms with Gasteiger partial charge in [0.15, 0.2) is 0 Å². The van der Waals surface area contributed by atoms with Crippen LogP contribution in [0.3, 0.4) is 0 Å². The van der Waals surface area contributed by atoms with Crippen molar-refractivity contribution in [3.05, 3.63) is 0 Å². The fourth-order valence-corrected chi connectivity index (χ4v) is 1.63. The summed E-state index contributed by atoms with van der Waals surface area (Å²) in [6, 6.07) is 0.433. The Morgan fingerprint density at radius 2 is 2.29 bits per heavy atom. The average molecular weight is 201 g/mol. The Morgan fingerprint density at radius 3 is 2.86 bits per heavy atom. The van der Waals surface area contributed by atoms with Gasteiger partial charge in [-0.05, 0) is 26.8 Å². The van der Waals surface area contributed by atoms with E-state index in [4.69, 9.17) is 9.47 Å². The minimum atomic E-state index is 0.288. The van der Waals surface area contributed by atoms with Crippen LogP contribution in [0, 0.1) is 5.92 Å². The molecule has 3 unspecified atom stereocenters. The zero-order chi connectivity index (χ0) is 10.4. The number of nitrogens with one attached hydrogen (secondary N) is 1. The molecule has 1 rings (SSSR count). The predicted octanol–water partition coefficient (Wildman–Crippen LogP) is 1.43. The van der Waals surface area contributed by atoms with E-state index in [0.717, 1.165) is 32.8 Å².